The standard InChI is InChI=1S/C21H26N2O2S2/c1-5-13(2)12-17-15(4)27-20-18(17)19(24)22-21(23-20)26-11-10-25-16-8-6-14(3)7-9-16/h6-9,13H,5,10-12H2,1-4H3,(H,22,23,24)/t13-/m1/s1. The fourth-order valence-electron chi connectivity index (χ4n) is 2.89. The molecule has 0 aliphatic heterocycles. The van der Waals surface area contributed by atoms with E-state index in [-0.39, 0.29) is 5.56 Å². The number of aromatic nitrogens is 2. The Morgan fingerprint density at radius 3 is 2.70 bits per heavy atom. The Hall–Kier alpha value is -1.79. The van der Waals surface area contributed by atoms with E-state index >= 15 is 0 Å². The van der Waals surface area contributed by atoms with Crippen LogP contribution in [-0.2, 0) is 6.42 Å². The van der Waals surface area contributed by atoms with Crippen LogP contribution in [0.15, 0.2) is 34.2 Å². The van der Waals surface area contributed by atoms with Gasteiger partial charge < -0.3 is 9.72 Å². The first kappa shape index (κ1) is 20.0. The van der Waals surface area contributed by atoms with Gasteiger partial charge in [0.15, 0.2) is 5.16 Å². The second kappa shape index (κ2) is 8.93. The summed E-state index contributed by atoms with van der Waals surface area (Å²) < 4.78 is 5.74. The summed E-state index contributed by atoms with van der Waals surface area (Å²) in [6, 6.07) is 8.01. The normalized spacial score (nSPS) is 12.4. The number of thiophene rings is 1. The number of nitrogens with one attached hydrogen (secondary N) is 1. The highest BCUT2D eigenvalue weighted by molar-refractivity contribution is 7.99. The van der Waals surface area contributed by atoms with Gasteiger partial charge >= 0.3 is 0 Å². The van der Waals surface area contributed by atoms with Crippen LogP contribution in [0.2, 0.25) is 0 Å². The van der Waals surface area contributed by atoms with E-state index in [1.807, 2.05) is 24.3 Å². The summed E-state index contributed by atoms with van der Waals surface area (Å²) in [5.74, 6) is 2.16. The molecule has 144 valence electrons. The van der Waals surface area contributed by atoms with Gasteiger partial charge in [0.25, 0.3) is 5.56 Å². The van der Waals surface area contributed by atoms with E-state index in [9.17, 15) is 4.79 Å². The monoisotopic (exact) mass is 402 g/mol. The van der Waals surface area contributed by atoms with Gasteiger partial charge in [-0.2, -0.15) is 0 Å². The molecule has 0 amide bonds. The van der Waals surface area contributed by atoms with E-state index < -0.39 is 0 Å². The Balaban J connectivity index is 1.67. The lowest BCUT2D eigenvalue weighted by atomic mass is 9.98. The lowest BCUT2D eigenvalue weighted by Crippen LogP contribution is -2.11. The Morgan fingerprint density at radius 1 is 1.26 bits per heavy atom. The highest BCUT2D eigenvalue weighted by atomic mass is 32.2. The van der Waals surface area contributed by atoms with Crippen molar-refractivity contribution in [2.75, 3.05) is 12.4 Å². The minimum absolute atomic E-state index is 0.0235. The van der Waals surface area contributed by atoms with E-state index in [1.165, 1.54) is 22.2 Å². The van der Waals surface area contributed by atoms with E-state index in [0.717, 1.165) is 40.1 Å². The van der Waals surface area contributed by atoms with Crippen molar-refractivity contribution >= 4 is 33.3 Å². The van der Waals surface area contributed by atoms with Crippen molar-refractivity contribution in [1.82, 2.24) is 9.97 Å². The van der Waals surface area contributed by atoms with Crippen LogP contribution in [0.5, 0.6) is 5.75 Å². The number of aromatic amines is 1. The number of thioether (sulfide) groups is 1. The fourth-order valence-corrected chi connectivity index (χ4v) is 4.69. The zero-order chi connectivity index (χ0) is 19.4. The van der Waals surface area contributed by atoms with Crippen molar-refractivity contribution in [2.24, 2.45) is 5.92 Å². The zero-order valence-electron chi connectivity index (χ0n) is 16.3. The van der Waals surface area contributed by atoms with Crippen molar-refractivity contribution < 1.29 is 4.74 Å². The summed E-state index contributed by atoms with van der Waals surface area (Å²) in [4.78, 5) is 22.3. The Labute approximate surface area is 168 Å². The fraction of sp³-hybridized carbons (Fsp3) is 0.429. The number of ether oxygens (including phenoxy) is 1. The molecule has 27 heavy (non-hydrogen) atoms. The predicted octanol–water partition coefficient (Wildman–Crippen LogP) is 5.36. The highest BCUT2D eigenvalue weighted by Gasteiger charge is 2.16. The molecule has 1 N–H and O–H groups in total. The van der Waals surface area contributed by atoms with E-state index in [2.05, 4.69) is 37.7 Å². The second-order valence-electron chi connectivity index (χ2n) is 6.92. The third-order valence-electron chi connectivity index (χ3n) is 4.70. The lowest BCUT2D eigenvalue weighted by molar-refractivity contribution is 0.344. The number of hydrogen-bond donors (Lipinski definition) is 1. The SMILES string of the molecule is CC[C@@H](C)Cc1c(C)sc2nc(SCCOc3ccc(C)cc3)[nH]c(=O)c12. The molecule has 0 unspecified atom stereocenters. The number of benzene rings is 1. The zero-order valence-corrected chi connectivity index (χ0v) is 17.9. The van der Waals surface area contributed by atoms with Gasteiger partial charge in [0.05, 0.1) is 12.0 Å². The van der Waals surface area contributed by atoms with Crippen LogP contribution in [0.25, 0.3) is 10.2 Å². The molecule has 2 aromatic heterocycles. The molecule has 0 saturated carbocycles. The Kier molecular flexibility index (Phi) is 6.60. The molecule has 3 aromatic rings. The first-order chi connectivity index (χ1) is 13.0. The van der Waals surface area contributed by atoms with Crippen molar-refractivity contribution in [3.8, 4) is 5.75 Å². The van der Waals surface area contributed by atoms with Gasteiger partial charge in [-0.1, -0.05) is 49.7 Å². The third kappa shape index (κ3) is 4.93. The van der Waals surface area contributed by atoms with Gasteiger partial charge in [0, 0.05) is 10.6 Å². The number of aryl methyl sites for hydroxylation is 2. The highest BCUT2D eigenvalue weighted by Crippen LogP contribution is 2.30. The molecule has 0 radical (unpaired) electrons. The minimum atomic E-state index is -0.0235. The van der Waals surface area contributed by atoms with Crippen LogP contribution < -0.4 is 10.3 Å². The van der Waals surface area contributed by atoms with E-state index in [0.29, 0.717) is 17.7 Å². The van der Waals surface area contributed by atoms with Gasteiger partial charge in [-0.3, -0.25) is 4.79 Å². The molecule has 1 aromatic carbocycles. The van der Waals surface area contributed by atoms with Gasteiger partial charge in [0.1, 0.15) is 10.6 Å². The first-order valence-corrected chi connectivity index (χ1v) is 11.1. The molecule has 0 bridgehead atoms. The maximum absolute atomic E-state index is 12.7. The maximum Gasteiger partial charge on any atom is 0.260 e. The van der Waals surface area contributed by atoms with Crippen LogP contribution >= 0.6 is 23.1 Å². The van der Waals surface area contributed by atoms with E-state index in [4.69, 9.17) is 4.74 Å². The summed E-state index contributed by atoms with van der Waals surface area (Å²) >= 11 is 3.14. The average Bonchev–Trinajstić information content (AvgIpc) is 2.96. The first-order valence-electron chi connectivity index (χ1n) is 9.32. The molecule has 2 heterocycles. The molecule has 0 aliphatic carbocycles. The third-order valence-corrected chi connectivity index (χ3v) is 6.58. The van der Waals surface area contributed by atoms with Crippen LogP contribution in [0.3, 0.4) is 0 Å². The summed E-state index contributed by atoms with van der Waals surface area (Å²) in [7, 11) is 0. The van der Waals surface area contributed by atoms with E-state index in [1.54, 1.807) is 11.3 Å². The number of rotatable bonds is 8. The number of hydrogen-bond acceptors (Lipinski definition) is 5. The largest absolute Gasteiger partial charge is 0.493 e. The summed E-state index contributed by atoms with van der Waals surface area (Å²) in [5, 5.41) is 1.44. The molecular weight excluding hydrogens is 376 g/mol. The van der Waals surface area contributed by atoms with Crippen molar-refractivity contribution in [1.29, 1.82) is 0 Å². The summed E-state index contributed by atoms with van der Waals surface area (Å²) in [6.45, 7) is 9.12. The average molecular weight is 403 g/mol. The molecule has 0 saturated heterocycles. The smallest absolute Gasteiger partial charge is 0.260 e. The Bertz CT molecular complexity index is 961. The Morgan fingerprint density at radius 2 is 2.00 bits per heavy atom. The lowest BCUT2D eigenvalue weighted by Gasteiger charge is -2.08. The minimum Gasteiger partial charge on any atom is -0.493 e. The van der Waals surface area contributed by atoms with Gasteiger partial charge in [-0.15, -0.1) is 11.3 Å². The predicted molar refractivity (Wildman–Crippen MR) is 116 cm³/mol. The maximum atomic E-state index is 12.7. The number of nitrogens with zero attached hydrogens (tertiary/aromatic N) is 1. The van der Waals surface area contributed by atoms with Crippen molar-refractivity contribution in [3.05, 3.63) is 50.6 Å². The molecule has 0 aliphatic rings. The van der Waals surface area contributed by atoms with Crippen molar-refractivity contribution in [3.63, 3.8) is 0 Å². The van der Waals surface area contributed by atoms with Gasteiger partial charge in [-0.05, 0) is 43.9 Å². The topological polar surface area (TPSA) is 55.0 Å². The molecular formula is C21H26N2O2S2. The van der Waals surface area contributed by atoms with Gasteiger partial charge in [-0.25, -0.2) is 4.98 Å². The molecule has 3 rings (SSSR count). The quantitative estimate of drug-likeness (QED) is 0.313. The molecule has 0 spiro atoms. The van der Waals surface area contributed by atoms with Crippen LogP contribution in [-0.4, -0.2) is 22.3 Å². The van der Waals surface area contributed by atoms with Gasteiger partial charge in [0.2, 0.25) is 0 Å². The second-order valence-corrected chi connectivity index (χ2v) is 9.20. The molecule has 4 nitrogen and oxygen atoms in total. The number of fused-ring (bicyclic) bond motifs is 1. The van der Waals surface area contributed by atoms with Crippen LogP contribution in [0, 0.1) is 19.8 Å². The summed E-state index contributed by atoms with van der Waals surface area (Å²) in [6.07, 6.45) is 2.04. The molecule has 6 heteroatoms. The molecule has 1 atom stereocenters. The summed E-state index contributed by atoms with van der Waals surface area (Å²) in [5.41, 5.74) is 2.35. The number of H-pyrrole nitrogens is 1. The van der Waals surface area contributed by atoms with Crippen LogP contribution in [0.4, 0.5) is 0 Å². The van der Waals surface area contributed by atoms with Crippen LogP contribution in [0.1, 0.15) is 36.3 Å². The molecule has 0 fully saturated rings. The van der Waals surface area contributed by atoms with Crippen molar-refractivity contribution in [2.45, 2.75) is 45.7 Å².